The summed E-state index contributed by atoms with van der Waals surface area (Å²) in [4.78, 5) is 23.5. The number of nitrogens with one attached hydrogen (secondary N) is 1. The molecule has 1 atom stereocenters. The molecule has 2 aromatic rings. The number of carbonyl (C=O) groups is 1. The molecule has 26 heavy (non-hydrogen) atoms. The molecule has 0 spiro atoms. The predicted molar refractivity (Wildman–Crippen MR) is 96.3 cm³/mol. The molecule has 1 N–H and O–H groups in total. The first-order valence-corrected chi connectivity index (χ1v) is 9.03. The molecule has 136 valence electrons. The van der Waals surface area contributed by atoms with Crippen LogP contribution >= 0.6 is 0 Å². The third-order valence-corrected chi connectivity index (χ3v) is 4.59. The minimum Gasteiger partial charge on any atom is -0.485 e. The van der Waals surface area contributed by atoms with Gasteiger partial charge < -0.3 is 19.7 Å². The summed E-state index contributed by atoms with van der Waals surface area (Å²) < 4.78 is 11.3. The zero-order valence-electron chi connectivity index (χ0n) is 14.6. The topological polar surface area (TPSA) is 76.6 Å². The Bertz CT molecular complexity index is 777. The second-order valence-electron chi connectivity index (χ2n) is 6.46. The molecule has 2 aliphatic heterocycles. The fourth-order valence-corrected chi connectivity index (χ4v) is 3.20. The number of piperidine rings is 1. The largest absolute Gasteiger partial charge is 0.485 e. The second-order valence-corrected chi connectivity index (χ2v) is 6.46. The van der Waals surface area contributed by atoms with Crippen molar-refractivity contribution in [3.05, 3.63) is 42.4 Å². The van der Waals surface area contributed by atoms with E-state index in [1.807, 2.05) is 24.3 Å². The van der Waals surface area contributed by atoms with Gasteiger partial charge in [-0.15, -0.1) is 0 Å². The normalized spacial score (nSPS) is 19.1. The molecule has 0 saturated carbocycles. The number of hydrogen-bond donors (Lipinski definition) is 1. The van der Waals surface area contributed by atoms with Gasteiger partial charge in [-0.3, -0.25) is 4.79 Å². The van der Waals surface area contributed by atoms with E-state index in [-0.39, 0.29) is 19.1 Å². The van der Waals surface area contributed by atoms with Crippen LogP contribution in [0.1, 0.15) is 25.1 Å². The minimum absolute atomic E-state index is 0.192. The Labute approximate surface area is 152 Å². The number of nitrogens with zero attached hydrogens (tertiary/aromatic N) is 3. The summed E-state index contributed by atoms with van der Waals surface area (Å²) in [7, 11) is 0. The summed E-state index contributed by atoms with van der Waals surface area (Å²) in [6.07, 6.45) is 4.73. The van der Waals surface area contributed by atoms with Crippen molar-refractivity contribution >= 4 is 11.7 Å². The van der Waals surface area contributed by atoms with E-state index < -0.39 is 6.10 Å². The average Bonchev–Trinajstić information content (AvgIpc) is 2.72. The highest BCUT2D eigenvalue weighted by Crippen LogP contribution is 2.30. The van der Waals surface area contributed by atoms with Crippen molar-refractivity contribution < 1.29 is 14.3 Å². The van der Waals surface area contributed by atoms with Gasteiger partial charge in [0.1, 0.15) is 18.2 Å². The lowest BCUT2D eigenvalue weighted by Gasteiger charge is -2.28. The Hall–Kier alpha value is -2.83. The Kier molecular flexibility index (Phi) is 4.86. The molecule has 1 fully saturated rings. The SMILES string of the molecule is O=C(NCc1nccc(N2CCCCC2)n1)C1COc2ccccc2O1. The lowest BCUT2D eigenvalue weighted by atomic mass is 10.1. The Morgan fingerprint density at radius 1 is 1.15 bits per heavy atom. The number of carbonyl (C=O) groups excluding carboxylic acids is 1. The van der Waals surface area contributed by atoms with Crippen LogP contribution in [0.2, 0.25) is 0 Å². The van der Waals surface area contributed by atoms with Crippen molar-refractivity contribution in [2.45, 2.75) is 31.9 Å². The van der Waals surface area contributed by atoms with Gasteiger partial charge in [0.2, 0.25) is 6.10 Å². The van der Waals surface area contributed by atoms with Crippen molar-refractivity contribution in [3.63, 3.8) is 0 Å². The van der Waals surface area contributed by atoms with Gasteiger partial charge in [0.25, 0.3) is 5.91 Å². The highest BCUT2D eigenvalue weighted by Gasteiger charge is 2.27. The molecule has 1 unspecified atom stereocenters. The summed E-state index contributed by atoms with van der Waals surface area (Å²) in [5, 5.41) is 2.84. The molecule has 7 nitrogen and oxygen atoms in total. The van der Waals surface area contributed by atoms with Crippen molar-refractivity contribution in [1.82, 2.24) is 15.3 Å². The van der Waals surface area contributed by atoms with Gasteiger partial charge in [-0.25, -0.2) is 9.97 Å². The zero-order chi connectivity index (χ0) is 17.8. The molecular formula is C19H22N4O3. The summed E-state index contributed by atoms with van der Waals surface area (Å²) in [5.41, 5.74) is 0. The molecule has 7 heteroatoms. The van der Waals surface area contributed by atoms with E-state index in [2.05, 4.69) is 20.2 Å². The molecule has 3 heterocycles. The molecule has 1 aromatic heterocycles. The lowest BCUT2D eigenvalue weighted by molar-refractivity contribution is -0.130. The van der Waals surface area contributed by atoms with Crippen LogP contribution in [0.25, 0.3) is 0 Å². The standard InChI is InChI=1S/C19H22N4O3/c24-19(16-13-25-14-6-2-3-7-15(14)26-16)21-12-17-20-9-8-18(22-17)23-10-4-1-5-11-23/h2-3,6-9,16H,1,4-5,10-13H2,(H,21,24). The summed E-state index contributed by atoms with van der Waals surface area (Å²) in [5.74, 6) is 2.54. The van der Waals surface area contributed by atoms with Gasteiger partial charge in [-0.2, -0.15) is 0 Å². The molecule has 1 amide bonds. The number of benzene rings is 1. The van der Waals surface area contributed by atoms with E-state index in [0.29, 0.717) is 17.3 Å². The first-order valence-electron chi connectivity index (χ1n) is 9.03. The third kappa shape index (κ3) is 3.71. The predicted octanol–water partition coefficient (Wildman–Crippen LogP) is 1.92. The van der Waals surface area contributed by atoms with Gasteiger partial charge in [0, 0.05) is 19.3 Å². The van der Waals surface area contributed by atoms with Crippen LogP contribution in [0.15, 0.2) is 36.5 Å². The van der Waals surface area contributed by atoms with Crippen LogP contribution < -0.4 is 19.7 Å². The fraction of sp³-hybridized carbons (Fsp3) is 0.421. The highest BCUT2D eigenvalue weighted by molar-refractivity contribution is 5.81. The zero-order valence-corrected chi connectivity index (χ0v) is 14.6. The lowest BCUT2D eigenvalue weighted by Crippen LogP contribution is -2.43. The number of fused-ring (bicyclic) bond motifs is 1. The Balaban J connectivity index is 1.35. The van der Waals surface area contributed by atoms with Gasteiger partial charge in [0.05, 0.1) is 6.54 Å². The van der Waals surface area contributed by atoms with Crippen molar-refractivity contribution in [2.75, 3.05) is 24.6 Å². The number of anilines is 1. The number of hydrogen-bond acceptors (Lipinski definition) is 6. The highest BCUT2D eigenvalue weighted by atomic mass is 16.6. The van der Waals surface area contributed by atoms with E-state index >= 15 is 0 Å². The summed E-state index contributed by atoms with van der Waals surface area (Å²) in [6.45, 7) is 2.50. The minimum atomic E-state index is -0.671. The Morgan fingerprint density at radius 2 is 1.96 bits per heavy atom. The van der Waals surface area contributed by atoms with E-state index in [1.54, 1.807) is 12.3 Å². The molecule has 2 aliphatic rings. The second kappa shape index (κ2) is 7.59. The number of para-hydroxylation sites is 2. The quantitative estimate of drug-likeness (QED) is 0.904. The molecular weight excluding hydrogens is 332 g/mol. The maximum Gasteiger partial charge on any atom is 0.265 e. The maximum absolute atomic E-state index is 12.4. The van der Waals surface area contributed by atoms with E-state index in [4.69, 9.17) is 9.47 Å². The van der Waals surface area contributed by atoms with Crippen LogP contribution in [0.3, 0.4) is 0 Å². The summed E-state index contributed by atoms with van der Waals surface area (Å²) in [6, 6.07) is 9.26. The van der Waals surface area contributed by atoms with Crippen LogP contribution in [0, 0.1) is 0 Å². The van der Waals surface area contributed by atoms with Gasteiger partial charge in [-0.1, -0.05) is 12.1 Å². The first-order chi connectivity index (χ1) is 12.8. The van der Waals surface area contributed by atoms with Crippen LogP contribution in [0.4, 0.5) is 5.82 Å². The van der Waals surface area contributed by atoms with Crippen LogP contribution in [0.5, 0.6) is 11.5 Å². The van der Waals surface area contributed by atoms with Gasteiger partial charge >= 0.3 is 0 Å². The molecule has 0 bridgehead atoms. The molecule has 1 saturated heterocycles. The number of aromatic nitrogens is 2. The van der Waals surface area contributed by atoms with E-state index in [9.17, 15) is 4.79 Å². The van der Waals surface area contributed by atoms with Crippen LogP contribution in [-0.2, 0) is 11.3 Å². The monoisotopic (exact) mass is 354 g/mol. The van der Waals surface area contributed by atoms with Gasteiger partial charge in [0.15, 0.2) is 11.5 Å². The fourth-order valence-electron chi connectivity index (χ4n) is 3.20. The van der Waals surface area contributed by atoms with Crippen molar-refractivity contribution in [2.24, 2.45) is 0 Å². The maximum atomic E-state index is 12.4. The molecule has 4 rings (SSSR count). The van der Waals surface area contributed by atoms with Crippen molar-refractivity contribution in [1.29, 1.82) is 0 Å². The van der Waals surface area contributed by atoms with Gasteiger partial charge in [-0.05, 0) is 37.5 Å². The molecule has 0 aliphatic carbocycles. The number of amides is 1. The smallest absolute Gasteiger partial charge is 0.265 e. The van der Waals surface area contributed by atoms with E-state index in [0.717, 1.165) is 18.9 Å². The van der Waals surface area contributed by atoms with Crippen molar-refractivity contribution in [3.8, 4) is 11.5 Å². The van der Waals surface area contributed by atoms with Crippen LogP contribution in [-0.4, -0.2) is 41.7 Å². The molecule has 1 aromatic carbocycles. The summed E-state index contributed by atoms with van der Waals surface area (Å²) >= 11 is 0. The Morgan fingerprint density at radius 3 is 2.81 bits per heavy atom. The average molecular weight is 354 g/mol. The number of ether oxygens (including phenoxy) is 2. The van der Waals surface area contributed by atoms with E-state index in [1.165, 1.54) is 19.3 Å². The third-order valence-electron chi connectivity index (χ3n) is 4.59. The molecule has 0 radical (unpaired) electrons. The number of rotatable bonds is 4. The first kappa shape index (κ1) is 16.6.